The third kappa shape index (κ3) is 4.85. The van der Waals surface area contributed by atoms with Gasteiger partial charge in [0.25, 0.3) is 0 Å². The molecule has 108 valence electrons. The minimum Gasteiger partial charge on any atom is -0.0847 e. The van der Waals surface area contributed by atoms with Crippen molar-refractivity contribution in [2.24, 2.45) is 5.41 Å². The van der Waals surface area contributed by atoms with Gasteiger partial charge >= 0.3 is 0 Å². The van der Waals surface area contributed by atoms with Gasteiger partial charge < -0.3 is 0 Å². The zero-order valence-electron chi connectivity index (χ0n) is 13.8. The lowest BCUT2D eigenvalue weighted by Crippen LogP contribution is -2.16. The van der Waals surface area contributed by atoms with E-state index >= 15 is 0 Å². The van der Waals surface area contributed by atoms with Crippen LogP contribution in [-0.4, -0.2) is 0 Å². The Balaban J connectivity index is 2.84. The second kappa shape index (κ2) is 7.28. The van der Waals surface area contributed by atoms with E-state index in [1.165, 1.54) is 22.3 Å². The molecule has 1 rings (SSSR count). The molecule has 1 aliphatic rings. The Bertz CT molecular complexity index is 514. The molecular formula is C20H28. The fourth-order valence-electron chi connectivity index (χ4n) is 2.34. The molecule has 0 unspecified atom stereocenters. The second-order valence-corrected chi connectivity index (χ2v) is 6.22. The molecule has 0 amide bonds. The van der Waals surface area contributed by atoms with Crippen molar-refractivity contribution < 1.29 is 0 Å². The maximum Gasteiger partial charge on any atom is -0.00664 e. The zero-order valence-corrected chi connectivity index (χ0v) is 13.8. The maximum atomic E-state index is 2.31. The highest BCUT2D eigenvalue weighted by Crippen LogP contribution is 2.37. The monoisotopic (exact) mass is 268 g/mol. The van der Waals surface area contributed by atoms with Crippen LogP contribution in [0.5, 0.6) is 0 Å². The van der Waals surface area contributed by atoms with Gasteiger partial charge in [-0.1, -0.05) is 73.6 Å². The number of hydrogen-bond acceptors (Lipinski definition) is 0. The summed E-state index contributed by atoms with van der Waals surface area (Å²) in [6.45, 7) is 13.1. The standard InChI is InChI=1S/C20H28/c1-7-16(2)10-8-11-17(3)13-14-19-18(4)12-9-15-20(19,5)6/h7-14H,15H2,1-6H3/b10-8+,14-13+,16-7+,17-11+. The number of allylic oxidation sites excluding steroid dienone is 12. The lowest BCUT2D eigenvalue weighted by atomic mass is 9.75. The SMILES string of the molecule is C/C=C(C)/C=C/C=C(C)/C=C/C1=C(C)C=CCC1(C)C. The first-order valence-electron chi connectivity index (χ1n) is 7.40. The first-order valence-corrected chi connectivity index (χ1v) is 7.40. The van der Waals surface area contributed by atoms with Crippen molar-refractivity contribution in [3.63, 3.8) is 0 Å². The maximum absolute atomic E-state index is 2.31. The molecule has 0 heteroatoms. The van der Waals surface area contributed by atoms with Crippen LogP contribution in [0.2, 0.25) is 0 Å². The Kier molecular flexibility index (Phi) is 6.01. The summed E-state index contributed by atoms with van der Waals surface area (Å²) < 4.78 is 0. The van der Waals surface area contributed by atoms with Crippen LogP contribution >= 0.6 is 0 Å². The average Bonchev–Trinajstić information content (AvgIpc) is 2.37. The van der Waals surface area contributed by atoms with Gasteiger partial charge in [-0.05, 0) is 50.7 Å². The summed E-state index contributed by atoms with van der Waals surface area (Å²) in [6.07, 6.45) is 18.6. The van der Waals surface area contributed by atoms with Gasteiger partial charge in [0.1, 0.15) is 0 Å². The highest BCUT2D eigenvalue weighted by Gasteiger charge is 2.23. The third-order valence-corrected chi connectivity index (χ3v) is 3.84. The summed E-state index contributed by atoms with van der Waals surface area (Å²) in [7, 11) is 0. The van der Waals surface area contributed by atoms with Crippen LogP contribution in [0, 0.1) is 5.41 Å². The summed E-state index contributed by atoms with van der Waals surface area (Å²) in [4.78, 5) is 0. The smallest absolute Gasteiger partial charge is 0.00664 e. The van der Waals surface area contributed by atoms with Crippen molar-refractivity contribution in [3.05, 3.63) is 70.9 Å². The molecule has 0 aromatic rings. The van der Waals surface area contributed by atoms with Crippen molar-refractivity contribution in [2.75, 3.05) is 0 Å². The van der Waals surface area contributed by atoms with Crippen LogP contribution in [-0.2, 0) is 0 Å². The molecule has 0 aliphatic heterocycles. The summed E-state index contributed by atoms with van der Waals surface area (Å²) in [6, 6.07) is 0. The summed E-state index contributed by atoms with van der Waals surface area (Å²) in [5, 5.41) is 0. The van der Waals surface area contributed by atoms with Gasteiger partial charge in [-0.2, -0.15) is 0 Å². The van der Waals surface area contributed by atoms with E-state index in [0.29, 0.717) is 0 Å². The van der Waals surface area contributed by atoms with Gasteiger partial charge in [0, 0.05) is 0 Å². The second-order valence-electron chi connectivity index (χ2n) is 6.22. The predicted molar refractivity (Wildman–Crippen MR) is 91.7 cm³/mol. The van der Waals surface area contributed by atoms with Gasteiger partial charge in [0.15, 0.2) is 0 Å². The molecule has 0 radical (unpaired) electrons. The molecule has 0 fully saturated rings. The molecule has 0 heterocycles. The van der Waals surface area contributed by atoms with E-state index in [4.69, 9.17) is 0 Å². The average molecular weight is 268 g/mol. The Labute approximate surface area is 125 Å². The van der Waals surface area contributed by atoms with E-state index in [1.807, 2.05) is 0 Å². The van der Waals surface area contributed by atoms with Crippen LogP contribution in [0.1, 0.15) is 48.0 Å². The molecule has 20 heavy (non-hydrogen) atoms. The Morgan fingerprint density at radius 2 is 1.85 bits per heavy atom. The molecule has 0 aromatic carbocycles. The summed E-state index contributed by atoms with van der Waals surface area (Å²) >= 11 is 0. The van der Waals surface area contributed by atoms with E-state index in [1.54, 1.807) is 0 Å². The van der Waals surface area contributed by atoms with Gasteiger partial charge in [-0.15, -0.1) is 0 Å². The minimum absolute atomic E-state index is 0.243. The molecule has 0 aromatic heterocycles. The molecule has 0 atom stereocenters. The quantitative estimate of drug-likeness (QED) is 0.524. The molecule has 0 bridgehead atoms. The van der Waals surface area contributed by atoms with Crippen molar-refractivity contribution in [1.29, 1.82) is 0 Å². The summed E-state index contributed by atoms with van der Waals surface area (Å²) in [5.41, 5.74) is 5.63. The van der Waals surface area contributed by atoms with Crippen LogP contribution in [0.4, 0.5) is 0 Å². The van der Waals surface area contributed by atoms with Gasteiger partial charge in [0.05, 0.1) is 0 Å². The van der Waals surface area contributed by atoms with Crippen molar-refractivity contribution in [1.82, 2.24) is 0 Å². The van der Waals surface area contributed by atoms with Gasteiger partial charge in [0.2, 0.25) is 0 Å². The fourth-order valence-corrected chi connectivity index (χ4v) is 2.34. The summed E-state index contributed by atoms with van der Waals surface area (Å²) in [5.74, 6) is 0. The molecule has 0 saturated heterocycles. The van der Waals surface area contributed by atoms with Crippen molar-refractivity contribution in [3.8, 4) is 0 Å². The molecule has 0 N–H and O–H groups in total. The lowest BCUT2D eigenvalue weighted by molar-refractivity contribution is 0.456. The zero-order chi connectivity index (χ0) is 15.2. The first-order chi connectivity index (χ1) is 9.36. The van der Waals surface area contributed by atoms with Crippen LogP contribution in [0.25, 0.3) is 0 Å². The molecule has 0 saturated carbocycles. The first kappa shape index (κ1) is 16.5. The molecule has 0 spiro atoms. The Morgan fingerprint density at radius 1 is 1.15 bits per heavy atom. The number of hydrogen-bond donors (Lipinski definition) is 0. The van der Waals surface area contributed by atoms with Gasteiger partial charge in [-0.25, -0.2) is 0 Å². The Morgan fingerprint density at radius 3 is 2.45 bits per heavy atom. The van der Waals surface area contributed by atoms with Crippen molar-refractivity contribution in [2.45, 2.75) is 48.0 Å². The minimum atomic E-state index is 0.243. The third-order valence-electron chi connectivity index (χ3n) is 3.84. The van der Waals surface area contributed by atoms with Crippen LogP contribution in [0.15, 0.2) is 70.9 Å². The highest BCUT2D eigenvalue weighted by molar-refractivity contribution is 5.42. The predicted octanol–water partition coefficient (Wildman–Crippen LogP) is 6.31. The van der Waals surface area contributed by atoms with E-state index in [9.17, 15) is 0 Å². The number of rotatable bonds is 4. The van der Waals surface area contributed by atoms with Gasteiger partial charge in [-0.3, -0.25) is 0 Å². The topological polar surface area (TPSA) is 0 Å². The fraction of sp³-hybridized carbons (Fsp3) is 0.400. The lowest BCUT2D eigenvalue weighted by Gasteiger charge is -2.29. The normalized spacial score (nSPS) is 20.5. The van der Waals surface area contributed by atoms with Crippen LogP contribution < -0.4 is 0 Å². The molecule has 1 aliphatic carbocycles. The van der Waals surface area contributed by atoms with Crippen LogP contribution in [0.3, 0.4) is 0 Å². The largest absolute Gasteiger partial charge is 0.0847 e. The highest BCUT2D eigenvalue weighted by atomic mass is 14.3. The van der Waals surface area contributed by atoms with E-state index in [2.05, 4.69) is 90.2 Å². The molecule has 0 nitrogen and oxygen atoms in total. The van der Waals surface area contributed by atoms with E-state index in [-0.39, 0.29) is 5.41 Å². The van der Waals surface area contributed by atoms with E-state index in [0.717, 1.165) is 6.42 Å². The van der Waals surface area contributed by atoms with E-state index < -0.39 is 0 Å². The van der Waals surface area contributed by atoms with Crippen molar-refractivity contribution >= 4 is 0 Å². The molecular weight excluding hydrogens is 240 g/mol. The Hall–Kier alpha value is -1.56.